The quantitative estimate of drug-likeness (QED) is 0.511. The Hall–Kier alpha value is -3.44. The molecule has 4 rings (SSSR count). The van der Waals surface area contributed by atoms with Crippen molar-refractivity contribution in [2.45, 2.75) is 32.5 Å². The van der Waals surface area contributed by atoms with Crippen LogP contribution in [0.15, 0.2) is 41.0 Å². The molecule has 1 aliphatic heterocycles. The van der Waals surface area contributed by atoms with Crippen LogP contribution in [0.5, 0.6) is 0 Å². The van der Waals surface area contributed by atoms with Crippen LogP contribution in [-0.2, 0) is 19.2 Å². The zero-order valence-corrected chi connectivity index (χ0v) is 19.3. The lowest BCUT2D eigenvalue weighted by atomic mass is 10.0. The normalized spacial score (nSPS) is 14.1. The first kappa shape index (κ1) is 24.7. The Morgan fingerprint density at radius 3 is 2.63 bits per heavy atom. The molecule has 0 unspecified atom stereocenters. The molecule has 184 valence electrons. The van der Waals surface area contributed by atoms with Crippen LogP contribution in [0.3, 0.4) is 0 Å². The Kier molecular flexibility index (Phi) is 7.08. The number of halogens is 4. The molecule has 8 nitrogen and oxygen atoms in total. The van der Waals surface area contributed by atoms with E-state index in [9.17, 15) is 18.0 Å². The van der Waals surface area contributed by atoms with Gasteiger partial charge in [0.15, 0.2) is 0 Å². The second kappa shape index (κ2) is 10.0. The number of pyridine rings is 1. The van der Waals surface area contributed by atoms with Gasteiger partial charge in [0, 0.05) is 25.0 Å². The number of nitrogens with one attached hydrogen (secondary N) is 1. The second-order valence-corrected chi connectivity index (χ2v) is 8.39. The maximum Gasteiger partial charge on any atom is 0.416 e. The number of hydrogen-bond donors (Lipinski definition) is 2. The molecule has 0 saturated heterocycles. The zero-order chi connectivity index (χ0) is 25.2. The summed E-state index contributed by atoms with van der Waals surface area (Å²) in [6, 6.07) is 4.84. The largest absolute Gasteiger partial charge is 0.422 e. The number of amides is 2. The summed E-state index contributed by atoms with van der Waals surface area (Å²) in [6.07, 6.45) is -0.118. The zero-order valence-electron chi connectivity index (χ0n) is 18.6. The van der Waals surface area contributed by atoms with Gasteiger partial charge in [0.05, 0.1) is 22.7 Å². The van der Waals surface area contributed by atoms with E-state index in [0.717, 1.165) is 17.2 Å². The summed E-state index contributed by atoms with van der Waals surface area (Å²) < 4.78 is 44.1. The van der Waals surface area contributed by atoms with Crippen molar-refractivity contribution in [2.75, 3.05) is 18.4 Å². The third-order valence-corrected chi connectivity index (χ3v) is 5.77. The summed E-state index contributed by atoms with van der Waals surface area (Å²) in [5, 5.41) is 19.6. The van der Waals surface area contributed by atoms with Crippen LogP contribution in [-0.4, -0.2) is 44.3 Å². The van der Waals surface area contributed by atoms with Crippen LogP contribution >= 0.6 is 11.6 Å². The van der Waals surface area contributed by atoms with Crippen molar-refractivity contribution >= 4 is 28.9 Å². The van der Waals surface area contributed by atoms with Gasteiger partial charge in [-0.3, -0.25) is 4.98 Å². The lowest BCUT2D eigenvalue weighted by molar-refractivity contribution is -0.138. The molecule has 0 spiro atoms. The number of carbonyl (C=O) groups excluding carboxylic acids is 1. The number of hydrogen-bond acceptors (Lipinski definition) is 6. The van der Waals surface area contributed by atoms with Gasteiger partial charge in [-0.15, -0.1) is 10.2 Å². The molecule has 0 radical (unpaired) electrons. The molecule has 2 amide bonds. The first-order chi connectivity index (χ1) is 16.6. The van der Waals surface area contributed by atoms with Crippen molar-refractivity contribution < 1.29 is 27.5 Å². The molecule has 1 aliphatic rings. The van der Waals surface area contributed by atoms with E-state index in [-0.39, 0.29) is 18.1 Å². The molecule has 3 aromatic rings. The van der Waals surface area contributed by atoms with Gasteiger partial charge >= 0.3 is 12.2 Å². The third-order valence-electron chi connectivity index (χ3n) is 5.48. The Balaban J connectivity index is 1.38. The first-order valence-electron chi connectivity index (χ1n) is 10.6. The minimum Gasteiger partial charge on any atom is -0.422 e. The average Bonchev–Trinajstić information content (AvgIpc) is 3.26. The summed E-state index contributed by atoms with van der Waals surface area (Å²) in [7, 11) is 0. The van der Waals surface area contributed by atoms with Crippen molar-refractivity contribution in [3.05, 3.63) is 75.7 Å². The highest BCUT2D eigenvalue weighted by Gasteiger charge is 2.32. The minimum absolute atomic E-state index is 0.0354. The Labute approximate surface area is 203 Å². The van der Waals surface area contributed by atoms with E-state index in [1.165, 1.54) is 19.1 Å². The summed E-state index contributed by atoms with van der Waals surface area (Å²) in [4.78, 5) is 18.6. The predicted molar refractivity (Wildman–Crippen MR) is 122 cm³/mol. The molecule has 0 bridgehead atoms. The van der Waals surface area contributed by atoms with E-state index in [2.05, 4.69) is 20.5 Å². The van der Waals surface area contributed by atoms with Crippen LogP contribution in [0, 0.1) is 6.92 Å². The number of anilines is 1. The molecule has 12 heteroatoms. The van der Waals surface area contributed by atoms with Gasteiger partial charge < -0.3 is 19.7 Å². The molecule has 0 fully saturated rings. The predicted octanol–water partition coefficient (Wildman–Crippen LogP) is 4.85. The number of nitrogens with zero attached hydrogens (tertiary/aromatic N) is 4. The van der Waals surface area contributed by atoms with Crippen LogP contribution < -0.4 is 5.32 Å². The van der Waals surface area contributed by atoms with Gasteiger partial charge in [0.1, 0.15) is 6.61 Å². The maximum atomic E-state index is 12.9. The van der Waals surface area contributed by atoms with Gasteiger partial charge in [-0.2, -0.15) is 13.2 Å². The first-order valence-corrected chi connectivity index (χ1v) is 11.0. The van der Waals surface area contributed by atoms with E-state index in [4.69, 9.17) is 21.1 Å². The SMILES string of the molecule is Cc1cc(NC(=O)N2CC=C(c3ncc(Cc4nnc(CO)o4)cc3Cl)CC2)ccc1C(F)(F)F. The molecule has 0 saturated carbocycles. The summed E-state index contributed by atoms with van der Waals surface area (Å²) in [6.45, 7) is 1.71. The van der Waals surface area contributed by atoms with Crippen LogP contribution in [0.4, 0.5) is 23.7 Å². The molecule has 0 aliphatic carbocycles. The highest BCUT2D eigenvalue weighted by molar-refractivity contribution is 6.32. The number of urea groups is 1. The molecule has 2 N–H and O–H groups in total. The van der Waals surface area contributed by atoms with Crippen molar-refractivity contribution in [1.82, 2.24) is 20.1 Å². The Bertz CT molecular complexity index is 1280. The number of aromatic nitrogens is 3. The summed E-state index contributed by atoms with van der Waals surface area (Å²) >= 11 is 6.44. The minimum atomic E-state index is -4.44. The summed E-state index contributed by atoms with van der Waals surface area (Å²) in [5.41, 5.74) is 1.85. The highest BCUT2D eigenvalue weighted by atomic mass is 35.5. The van der Waals surface area contributed by atoms with Gasteiger partial charge in [-0.05, 0) is 54.3 Å². The lowest BCUT2D eigenvalue weighted by Gasteiger charge is -2.27. The van der Waals surface area contributed by atoms with Crippen LogP contribution in [0.25, 0.3) is 5.57 Å². The second-order valence-electron chi connectivity index (χ2n) is 7.98. The summed E-state index contributed by atoms with van der Waals surface area (Å²) in [5.74, 6) is 0.464. The fourth-order valence-corrected chi connectivity index (χ4v) is 4.05. The monoisotopic (exact) mass is 507 g/mol. The fourth-order valence-electron chi connectivity index (χ4n) is 3.74. The van der Waals surface area contributed by atoms with Crippen LogP contribution in [0.1, 0.15) is 40.6 Å². The smallest absolute Gasteiger partial charge is 0.416 e. The molecule has 0 atom stereocenters. The molecule has 1 aromatic carbocycles. The topological polar surface area (TPSA) is 104 Å². The number of alkyl halides is 3. The average molecular weight is 508 g/mol. The van der Waals surface area contributed by atoms with Gasteiger partial charge in [0.2, 0.25) is 11.8 Å². The van der Waals surface area contributed by atoms with Gasteiger partial charge in [-0.1, -0.05) is 17.7 Å². The number of benzene rings is 1. The lowest BCUT2D eigenvalue weighted by Crippen LogP contribution is -2.38. The number of aliphatic hydroxyl groups excluding tert-OH is 1. The molecular weight excluding hydrogens is 487 g/mol. The van der Waals surface area contributed by atoms with Crippen molar-refractivity contribution in [3.63, 3.8) is 0 Å². The Morgan fingerprint density at radius 1 is 1.26 bits per heavy atom. The molecular formula is C23H21ClF3N5O3. The van der Waals surface area contributed by atoms with Crippen molar-refractivity contribution in [2.24, 2.45) is 0 Å². The highest BCUT2D eigenvalue weighted by Crippen LogP contribution is 2.33. The van der Waals surface area contributed by atoms with Gasteiger partial charge in [0.25, 0.3) is 0 Å². The van der Waals surface area contributed by atoms with Crippen molar-refractivity contribution in [3.8, 4) is 0 Å². The van der Waals surface area contributed by atoms with E-state index in [1.54, 1.807) is 17.2 Å². The van der Waals surface area contributed by atoms with E-state index in [0.29, 0.717) is 48.2 Å². The fraction of sp³-hybridized carbons (Fsp3) is 0.304. The molecule has 2 aromatic heterocycles. The third kappa shape index (κ3) is 5.80. The van der Waals surface area contributed by atoms with Crippen molar-refractivity contribution in [1.29, 1.82) is 0 Å². The molecule has 3 heterocycles. The van der Waals surface area contributed by atoms with Crippen LogP contribution in [0.2, 0.25) is 5.02 Å². The molecule has 35 heavy (non-hydrogen) atoms. The van der Waals surface area contributed by atoms with E-state index >= 15 is 0 Å². The standard InChI is InChI=1S/C23H21ClF3N5O3/c1-13-8-16(2-3-17(13)23(25,26)27)29-22(34)32-6-4-15(5-7-32)21-18(24)9-14(11-28-21)10-19-30-31-20(12-33)35-19/h2-4,8-9,11,33H,5-7,10,12H2,1H3,(H,29,34). The van der Waals surface area contributed by atoms with E-state index < -0.39 is 17.8 Å². The number of aryl methyl sites for hydroxylation is 1. The van der Waals surface area contributed by atoms with Gasteiger partial charge in [-0.25, -0.2) is 4.79 Å². The Morgan fingerprint density at radius 2 is 2.03 bits per heavy atom. The van der Waals surface area contributed by atoms with E-state index in [1.807, 2.05) is 6.08 Å². The number of aliphatic hydroxyl groups is 1. The maximum absolute atomic E-state index is 12.9. The number of rotatable bonds is 5. The number of carbonyl (C=O) groups is 1.